The van der Waals surface area contributed by atoms with Gasteiger partial charge in [-0.2, -0.15) is 0 Å². The van der Waals surface area contributed by atoms with E-state index in [1.165, 1.54) is 28.7 Å². The van der Waals surface area contributed by atoms with Crippen LogP contribution in [0.1, 0.15) is 35.1 Å². The quantitative estimate of drug-likeness (QED) is 0.888. The van der Waals surface area contributed by atoms with Crippen molar-refractivity contribution in [3.05, 3.63) is 34.4 Å². The molecule has 2 unspecified atom stereocenters. The molecule has 1 aliphatic heterocycles. The lowest BCUT2D eigenvalue weighted by molar-refractivity contribution is 0.182. The van der Waals surface area contributed by atoms with Crippen molar-refractivity contribution in [2.24, 2.45) is 11.7 Å². The first-order valence-electron chi connectivity index (χ1n) is 6.96. The summed E-state index contributed by atoms with van der Waals surface area (Å²) >= 11 is 0. The lowest BCUT2D eigenvalue weighted by Gasteiger charge is -2.18. The van der Waals surface area contributed by atoms with Gasteiger partial charge in [-0.3, -0.25) is 0 Å². The highest BCUT2D eigenvalue weighted by Crippen LogP contribution is 2.22. The molecule has 0 aliphatic carbocycles. The summed E-state index contributed by atoms with van der Waals surface area (Å²) in [5.41, 5.74) is 11.8. The highest BCUT2D eigenvalue weighted by atomic mass is 16.5. The van der Waals surface area contributed by atoms with Crippen molar-refractivity contribution in [1.29, 1.82) is 0 Å². The van der Waals surface area contributed by atoms with E-state index in [0.29, 0.717) is 5.92 Å². The maximum Gasteiger partial charge on any atom is 0.0495 e. The first kappa shape index (κ1) is 13.6. The Morgan fingerprint density at radius 3 is 2.50 bits per heavy atom. The molecule has 0 aromatic heterocycles. The topological polar surface area (TPSA) is 35.2 Å². The minimum Gasteiger partial charge on any atom is -0.381 e. The molecular formula is C16H25NO. The van der Waals surface area contributed by atoms with Crippen molar-refractivity contribution in [3.8, 4) is 0 Å². The smallest absolute Gasteiger partial charge is 0.0495 e. The zero-order valence-corrected chi connectivity index (χ0v) is 11.8. The van der Waals surface area contributed by atoms with E-state index in [1.54, 1.807) is 0 Å². The van der Waals surface area contributed by atoms with Crippen LogP contribution in [-0.2, 0) is 11.2 Å². The third-order valence-corrected chi connectivity index (χ3v) is 3.97. The summed E-state index contributed by atoms with van der Waals surface area (Å²) in [6, 6.07) is 4.78. The SMILES string of the molecule is Cc1cc(C)c(CC(N)CC2CCOC2)c(C)c1. The van der Waals surface area contributed by atoms with Crippen LogP contribution in [0.25, 0.3) is 0 Å². The lowest BCUT2D eigenvalue weighted by atomic mass is 9.90. The second-order valence-electron chi connectivity index (χ2n) is 5.81. The van der Waals surface area contributed by atoms with E-state index in [1.807, 2.05) is 0 Å². The zero-order valence-electron chi connectivity index (χ0n) is 11.8. The van der Waals surface area contributed by atoms with Crippen molar-refractivity contribution in [1.82, 2.24) is 0 Å². The molecule has 0 saturated carbocycles. The summed E-state index contributed by atoms with van der Waals surface area (Å²) in [4.78, 5) is 0. The minimum absolute atomic E-state index is 0.261. The molecule has 0 bridgehead atoms. The Labute approximate surface area is 111 Å². The molecule has 2 nitrogen and oxygen atoms in total. The van der Waals surface area contributed by atoms with Gasteiger partial charge < -0.3 is 10.5 Å². The average molecular weight is 247 g/mol. The molecule has 1 fully saturated rings. The molecule has 2 atom stereocenters. The number of nitrogens with two attached hydrogens (primary N) is 1. The first-order valence-corrected chi connectivity index (χ1v) is 6.96. The molecular weight excluding hydrogens is 222 g/mol. The van der Waals surface area contributed by atoms with Gasteiger partial charge in [0.25, 0.3) is 0 Å². The number of aryl methyl sites for hydroxylation is 3. The fourth-order valence-electron chi connectivity index (χ4n) is 3.07. The maximum absolute atomic E-state index is 6.31. The predicted molar refractivity (Wildman–Crippen MR) is 75.9 cm³/mol. The highest BCUT2D eigenvalue weighted by Gasteiger charge is 2.19. The second kappa shape index (κ2) is 5.85. The molecule has 0 spiro atoms. The van der Waals surface area contributed by atoms with Gasteiger partial charge in [-0.15, -0.1) is 0 Å². The summed E-state index contributed by atoms with van der Waals surface area (Å²) in [5.74, 6) is 0.672. The molecule has 1 aromatic carbocycles. The van der Waals surface area contributed by atoms with Crippen LogP contribution in [0.4, 0.5) is 0 Å². The molecule has 100 valence electrons. The Hall–Kier alpha value is -0.860. The van der Waals surface area contributed by atoms with Gasteiger partial charge in [0.15, 0.2) is 0 Å². The van der Waals surface area contributed by atoms with Gasteiger partial charge in [-0.1, -0.05) is 17.7 Å². The van der Waals surface area contributed by atoms with E-state index < -0.39 is 0 Å². The summed E-state index contributed by atoms with van der Waals surface area (Å²) in [6.07, 6.45) is 3.26. The Balaban J connectivity index is 1.99. The van der Waals surface area contributed by atoms with E-state index in [-0.39, 0.29) is 6.04 Å². The molecule has 1 aromatic rings. The van der Waals surface area contributed by atoms with Gasteiger partial charge in [0.2, 0.25) is 0 Å². The largest absolute Gasteiger partial charge is 0.381 e. The second-order valence-corrected chi connectivity index (χ2v) is 5.81. The Kier molecular flexibility index (Phi) is 4.41. The van der Waals surface area contributed by atoms with Crippen LogP contribution in [0.2, 0.25) is 0 Å². The van der Waals surface area contributed by atoms with Crippen LogP contribution < -0.4 is 5.73 Å². The molecule has 18 heavy (non-hydrogen) atoms. The Bertz CT molecular complexity index is 385. The maximum atomic E-state index is 6.31. The highest BCUT2D eigenvalue weighted by molar-refractivity contribution is 5.37. The molecule has 2 N–H and O–H groups in total. The molecule has 0 radical (unpaired) electrons. The summed E-state index contributed by atoms with van der Waals surface area (Å²) in [7, 11) is 0. The van der Waals surface area contributed by atoms with Gasteiger partial charge in [0, 0.05) is 19.3 Å². The molecule has 1 heterocycles. The molecule has 2 rings (SSSR count). The minimum atomic E-state index is 0.261. The van der Waals surface area contributed by atoms with Gasteiger partial charge in [-0.25, -0.2) is 0 Å². The van der Waals surface area contributed by atoms with Crippen molar-refractivity contribution in [2.75, 3.05) is 13.2 Å². The van der Waals surface area contributed by atoms with E-state index in [2.05, 4.69) is 32.9 Å². The monoisotopic (exact) mass is 247 g/mol. The predicted octanol–water partition coefficient (Wildman–Crippen LogP) is 2.91. The van der Waals surface area contributed by atoms with Crippen LogP contribution in [0, 0.1) is 26.7 Å². The van der Waals surface area contributed by atoms with Crippen LogP contribution in [-0.4, -0.2) is 19.3 Å². The van der Waals surface area contributed by atoms with E-state index >= 15 is 0 Å². The van der Waals surface area contributed by atoms with Gasteiger partial charge in [0.1, 0.15) is 0 Å². The first-order chi connectivity index (χ1) is 8.56. The number of ether oxygens (including phenoxy) is 1. The third-order valence-electron chi connectivity index (χ3n) is 3.97. The number of benzene rings is 1. The van der Waals surface area contributed by atoms with Gasteiger partial charge >= 0.3 is 0 Å². The number of hydrogen-bond donors (Lipinski definition) is 1. The fraction of sp³-hybridized carbons (Fsp3) is 0.625. The Morgan fingerprint density at radius 1 is 1.28 bits per heavy atom. The fourth-order valence-corrected chi connectivity index (χ4v) is 3.07. The van der Waals surface area contributed by atoms with Crippen molar-refractivity contribution in [2.45, 2.75) is 46.1 Å². The normalized spacial score (nSPS) is 21.2. The summed E-state index contributed by atoms with van der Waals surface area (Å²) < 4.78 is 5.42. The van der Waals surface area contributed by atoms with Crippen LogP contribution in [0.3, 0.4) is 0 Å². The molecule has 1 aliphatic rings. The summed E-state index contributed by atoms with van der Waals surface area (Å²) in [5, 5.41) is 0. The molecule has 1 saturated heterocycles. The standard InChI is InChI=1S/C16H25NO/c1-11-6-12(2)16(13(3)7-11)9-15(17)8-14-4-5-18-10-14/h6-7,14-15H,4-5,8-10,17H2,1-3H3. The lowest BCUT2D eigenvalue weighted by Crippen LogP contribution is -2.27. The van der Waals surface area contributed by atoms with Crippen LogP contribution in [0.15, 0.2) is 12.1 Å². The van der Waals surface area contributed by atoms with Crippen LogP contribution >= 0.6 is 0 Å². The van der Waals surface area contributed by atoms with Gasteiger partial charge in [-0.05, 0) is 62.6 Å². The van der Waals surface area contributed by atoms with Gasteiger partial charge in [0.05, 0.1) is 0 Å². The number of hydrogen-bond acceptors (Lipinski definition) is 2. The van der Waals surface area contributed by atoms with Crippen molar-refractivity contribution >= 4 is 0 Å². The van der Waals surface area contributed by atoms with Crippen molar-refractivity contribution in [3.63, 3.8) is 0 Å². The zero-order chi connectivity index (χ0) is 13.1. The van der Waals surface area contributed by atoms with E-state index in [0.717, 1.165) is 26.1 Å². The van der Waals surface area contributed by atoms with Crippen molar-refractivity contribution < 1.29 is 4.74 Å². The number of rotatable bonds is 4. The van der Waals surface area contributed by atoms with E-state index in [9.17, 15) is 0 Å². The van der Waals surface area contributed by atoms with Crippen LogP contribution in [0.5, 0.6) is 0 Å². The van der Waals surface area contributed by atoms with E-state index in [4.69, 9.17) is 10.5 Å². The average Bonchev–Trinajstić information content (AvgIpc) is 2.76. The Morgan fingerprint density at radius 2 is 1.94 bits per heavy atom. The molecule has 0 amide bonds. The molecule has 2 heteroatoms. The summed E-state index contributed by atoms with van der Waals surface area (Å²) in [6.45, 7) is 8.36. The third kappa shape index (κ3) is 3.33.